The number of likely N-dealkylation sites (N-methyl/N-ethyl adjacent to an activating group) is 1. The number of carbonyl (C=O) groups excluding carboxylic acids is 2. The first-order chi connectivity index (χ1) is 13.1. The molecule has 0 saturated heterocycles. The lowest BCUT2D eigenvalue weighted by Gasteiger charge is -2.26. The van der Waals surface area contributed by atoms with E-state index in [1.54, 1.807) is 0 Å². The molecule has 1 atom stereocenters. The summed E-state index contributed by atoms with van der Waals surface area (Å²) in [6.07, 6.45) is 0. The third-order valence-electron chi connectivity index (χ3n) is 4.05. The molecule has 0 saturated carbocycles. The van der Waals surface area contributed by atoms with Crippen LogP contribution in [0.2, 0.25) is 0 Å². The molecule has 2 aromatic rings. The Labute approximate surface area is 161 Å². The first-order valence-electron chi connectivity index (χ1n) is 8.30. The van der Waals surface area contributed by atoms with Crippen LogP contribution >= 0.6 is 0 Å². The molecule has 0 heterocycles. The second-order valence-electron chi connectivity index (χ2n) is 5.93. The van der Waals surface area contributed by atoms with Gasteiger partial charge in [-0.3, -0.25) is 4.79 Å². The van der Waals surface area contributed by atoms with Gasteiger partial charge in [0.25, 0.3) is 0 Å². The van der Waals surface area contributed by atoms with Gasteiger partial charge in [0.1, 0.15) is 6.04 Å². The normalized spacial score (nSPS) is 12.6. The van der Waals surface area contributed by atoms with Crippen LogP contribution in [0.4, 0.5) is 8.78 Å². The second kappa shape index (κ2) is 8.57. The molecule has 0 aliphatic heterocycles. The molecule has 150 valence electrons. The van der Waals surface area contributed by atoms with Crippen LogP contribution in [0.25, 0.3) is 0 Å². The number of Topliss-reactive ketones (excluding diaryl/α,β-unsaturated/α-hetero) is 1. The highest BCUT2D eigenvalue weighted by molar-refractivity contribution is 7.89. The van der Waals surface area contributed by atoms with Gasteiger partial charge >= 0.3 is 5.97 Å². The van der Waals surface area contributed by atoms with Gasteiger partial charge in [0, 0.05) is 12.6 Å². The molecule has 2 rings (SSSR count). The highest BCUT2D eigenvalue weighted by Gasteiger charge is 2.36. The van der Waals surface area contributed by atoms with Crippen molar-refractivity contribution < 1.29 is 31.5 Å². The topological polar surface area (TPSA) is 80.8 Å². The van der Waals surface area contributed by atoms with Crippen molar-refractivity contribution in [3.8, 4) is 0 Å². The van der Waals surface area contributed by atoms with Gasteiger partial charge in [-0.2, -0.15) is 4.31 Å². The lowest BCUT2D eigenvalue weighted by molar-refractivity contribution is -0.147. The van der Waals surface area contributed by atoms with E-state index < -0.39 is 33.7 Å². The molecule has 6 nitrogen and oxygen atoms in total. The van der Waals surface area contributed by atoms with Gasteiger partial charge in [-0.05, 0) is 43.7 Å². The fourth-order valence-electron chi connectivity index (χ4n) is 2.58. The summed E-state index contributed by atoms with van der Waals surface area (Å²) in [5, 5.41) is 0. The molecule has 1 unspecified atom stereocenters. The molecule has 0 fully saturated rings. The Balaban J connectivity index is 2.55. The van der Waals surface area contributed by atoms with Crippen LogP contribution in [0, 0.1) is 11.6 Å². The van der Waals surface area contributed by atoms with Crippen molar-refractivity contribution in [2.45, 2.75) is 24.8 Å². The predicted molar refractivity (Wildman–Crippen MR) is 97.1 cm³/mol. The van der Waals surface area contributed by atoms with Crippen molar-refractivity contribution in [1.82, 2.24) is 4.31 Å². The van der Waals surface area contributed by atoms with Crippen LogP contribution in [-0.4, -0.2) is 38.1 Å². The molecule has 0 amide bonds. The largest absolute Gasteiger partial charge is 0.465 e. The van der Waals surface area contributed by atoms with Gasteiger partial charge in [0.2, 0.25) is 10.0 Å². The van der Waals surface area contributed by atoms with E-state index in [1.807, 2.05) is 0 Å². The van der Waals surface area contributed by atoms with Crippen LogP contribution in [0.3, 0.4) is 0 Å². The maximum atomic E-state index is 13.7. The van der Waals surface area contributed by atoms with Gasteiger partial charge in [0.05, 0.1) is 11.5 Å². The summed E-state index contributed by atoms with van der Waals surface area (Å²) in [7, 11) is -3.14. The summed E-state index contributed by atoms with van der Waals surface area (Å²) in [5.41, 5.74) is 0.0844. The van der Waals surface area contributed by atoms with Crippen molar-refractivity contribution in [3.05, 3.63) is 65.2 Å². The number of rotatable bonds is 7. The van der Waals surface area contributed by atoms with E-state index in [0.29, 0.717) is 4.31 Å². The number of sulfonamides is 1. The van der Waals surface area contributed by atoms with Gasteiger partial charge in [-0.15, -0.1) is 0 Å². The van der Waals surface area contributed by atoms with Crippen molar-refractivity contribution in [2.24, 2.45) is 0 Å². The number of nitrogens with zero attached hydrogens (tertiary/aromatic N) is 1. The van der Waals surface area contributed by atoms with Crippen molar-refractivity contribution in [1.29, 1.82) is 0 Å². The molecular weight excluding hydrogens is 392 g/mol. The minimum absolute atomic E-state index is 0.0350. The van der Waals surface area contributed by atoms with Gasteiger partial charge < -0.3 is 4.74 Å². The van der Waals surface area contributed by atoms with Crippen molar-refractivity contribution in [3.63, 3.8) is 0 Å². The quantitative estimate of drug-likeness (QED) is 0.517. The number of ketones is 1. The number of halogens is 2. The number of carbonyl (C=O) groups is 2. The van der Waals surface area contributed by atoms with Crippen LogP contribution < -0.4 is 0 Å². The highest BCUT2D eigenvalue weighted by Crippen LogP contribution is 2.29. The number of hydrogen-bond acceptors (Lipinski definition) is 5. The van der Waals surface area contributed by atoms with Crippen LogP contribution in [0.1, 0.15) is 35.8 Å². The molecule has 0 bridgehead atoms. The van der Waals surface area contributed by atoms with E-state index >= 15 is 0 Å². The summed E-state index contributed by atoms with van der Waals surface area (Å²) in [5.74, 6) is -3.63. The third-order valence-corrected chi connectivity index (χ3v) is 5.87. The Morgan fingerprint density at radius 1 is 1.11 bits per heavy atom. The summed E-state index contributed by atoms with van der Waals surface area (Å²) in [6, 6.07) is 6.42. The smallest absolute Gasteiger partial charge is 0.329 e. The Hall–Kier alpha value is -2.65. The van der Waals surface area contributed by atoms with E-state index in [4.69, 9.17) is 4.74 Å². The average Bonchev–Trinajstić information content (AvgIpc) is 2.65. The zero-order chi connectivity index (χ0) is 21.1. The van der Waals surface area contributed by atoms with Crippen molar-refractivity contribution >= 4 is 21.8 Å². The van der Waals surface area contributed by atoms with Gasteiger partial charge in [0.15, 0.2) is 17.4 Å². The average molecular weight is 411 g/mol. The van der Waals surface area contributed by atoms with Crippen LogP contribution in [0.5, 0.6) is 0 Å². The Morgan fingerprint density at radius 2 is 1.79 bits per heavy atom. The molecule has 0 aliphatic carbocycles. The zero-order valence-electron chi connectivity index (χ0n) is 15.5. The molecule has 9 heteroatoms. The number of ether oxygens (including phenoxy) is 1. The summed E-state index contributed by atoms with van der Waals surface area (Å²) >= 11 is 0. The molecule has 0 aromatic heterocycles. The molecule has 0 radical (unpaired) electrons. The molecule has 0 aliphatic rings. The van der Waals surface area contributed by atoms with E-state index in [9.17, 15) is 26.8 Å². The van der Waals surface area contributed by atoms with Crippen molar-refractivity contribution in [2.75, 3.05) is 13.7 Å². The number of esters is 1. The predicted octanol–water partition coefficient (Wildman–Crippen LogP) is 3.09. The number of hydrogen-bond donors (Lipinski definition) is 0. The van der Waals surface area contributed by atoms with E-state index in [2.05, 4.69) is 0 Å². The zero-order valence-corrected chi connectivity index (χ0v) is 16.3. The summed E-state index contributed by atoms with van der Waals surface area (Å²) in [4.78, 5) is 23.8. The minimum Gasteiger partial charge on any atom is -0.465 e. The molecule has 0 N–H and O–H groups in total. The van der Waals surface area contributed by atoms with Gasteiger partial charge in [-0.1, -0.05) is 18.2 Å². The Kier molecular flexibility index (Phi) is 6.63. The lowest BCUT2D eigenvalue weighted by Crippen LogP contribution is -2.37. The van der Waals surface area contributed by atoms with Gasteiger partial charge in [-0.25, -0.2) is 22.0 Å². The maximum absolute atomic E-state index is 13.7. The highest BCUT2D eigenvalue weighted by atomic mass is 32.2. The summed E-state index contributed by atoms with van der Waals surface area (Å²) in [6.45, 7) is 2.79. The Bertz CT molecular complexity index is 1010. The second-order valence-corrected chi connectivity index (χ2v) is 7.93. The summed E-state index contributed by atoms with van der Waals surface area (Å²) < 4.78 is 58.6. The van der Waals surface area contributed by atoms with E-state index in [-0.39, 0.29) is 28.4 Å². The Morgan fingerprint density at radius 3 is 2.36 bits per heavy atom. The molecule has 2 aromatic carbocycles. The van der Waals surface area contributed by atoms with Crippen LogP contribution in [-0.2, 0) is 19.6 Å². The fraction of sp³-hybridized carbons (Fsp3) is 0.263. The maximum Gasteiger partial charge on any atom is 0.329 e. The molecular formula is C19H19F2NO5S. The monoisotopic (exact) mass is 411 g/mol. The molecule has 28 heavy (non-hydrogen) atoms. The number of benzene rings is 2. The first kappa shape index (κ1) is 21.6. The molecule has 0 spiro atoms. The van der Waals surface area contributed by atoms with E-state index in [0.717, 1.165) is 25.2 Å². The third kappa shape index (κ3) is 4.42. The van der Waals surface area contributed by atoms with Crippen LogP contribution in [0.15, 0.2) is 47.4 Å². The standard InChI is InChI=1S/C19H19F2NO5S/c1-4-27-19(24)18(14-8-9-16(20)17(21)11-14)22(3)28(25,26)15-7-5-6-13(10-15)12(2)23/h5-11,18H,4H2,1-3H3. The lowest BCUT2D eigenvalue weighted by atomic mass is 10.1. The fourth-order valence-corrected chi connectivity index (χ4v) is 3.92. The first-order valence-corrected chi connectivity index (χ1v) is 9.74. The van der Waals surface area contributed by atoms with E-state index in [1.165, 1.54) is 38.1 Å². The minimum atomic E-state index is -4.26. The SMILES string of the molecule is CCOC(=O)C(c1ccc(F)c(F)c1)N(C)S(=O)(=O)c1cccc(C(C)=O)c1.